The van der Waals surface area contributed by atoms with E-state index in [9.17, 15) is 9.59 Å². The number of amides is 2. The van der Waals surface area contributed by atoms with Crippen molar-refractivity contribution in [1.29, 1.82) is 10.8 Å². The van der Waals surface area contributed by atoms with Crippen LogP contribution in [-0.2, 0) is 9.59 Å². The van der Waals surface area contributed by atoms with Crippen LogP contribution in [0.1, 0.15) is 36.8 Å². The first-order chi connectivity index (χ1) is 14.2. The van der Waals surface area contributed by atoms with Crippen LogP contribution in [0.4, 0.5) is 11.4 Å². The third-order valence-corrected chi connectivity index (χ3v) is 4.91. The van der Waals surface area contributed by atoms with E-state index in [0.29, 0.717) is 36.8 Å². The molecule has 0 heterocycles. The van der Waals surface area contributed by atoms with Crippen molar-refractivity contribution in [3.05, 3.63) is 59.7 Å². The maximum Gasteiger partial charge on any atom is 0.226 e. The normalized spacial score (nSPS) is 9.69. The van der Waals surface area contributed by atoms with Gasteiger partial charge in [-0.15, -0.1) is 24.8 Å². The Kier molecular flexibility index (Phi) is 12.0. The van der Waals surface area contributed by atoms with Crippen LogP contribution >= 0.6 is 24.8 Å². The number of amidine groups is 2. The van der Waals surface area contributed by atoms with Gasteiger partial charge in [-0.25, -0.2) is 0 Å². The number of anilines is 2. The molecule has 0 saturated carbocycles. The van der Waals surface area contributed by atoms with E-state index in [1.165, 1.54) is 0 Å². The second-order valence-corrected chi connectivity index (χ2v) is 7.03. The van der Waals surface area contributed by atoms with Gasteiger partial charge in [0.05, 0.1) is 0 Å². The number of unbranched alkanes of at least 4 members (excludes halogenated alkanes) is 1. The van der Waals surface area contributed by atoms with Gasteiger partial charge in [-0.05, 0) is 61.4 Å². The van der Waals surface area contributed by atoms with Gasteiger partial charge in [-0.1, -0.05) is 0 Å². The summed E-state index contributed by atoms with van der Waals surface area (Å²) in [6, 6.07) is 13.8. The van der Waals surface area contributed by atoms with Gasteiger partial charge in [-0.3, -0.25) is 20.4 Å². The molecule has 0 atom stereocenters. The Morgan fingerprint density at radius 2 is 0.969 bits per heavy atom. The SMILES string of the molecule is CN(C(=O)CCCCC(=O)N(C)c1ccc(C(=N)N)cc1)c1ccc(C(=N)N)cc1.Cl.Cl. The highest BCUT2D eigenvalue weighted by Gasteiger charge is 2.14. The summed E-state index contributed by atoms with van der Waals surface area (Å²) < 4.78 is 0. The van der Waals surface area contributed by atoms with Crippen LogP contribution in [0.3, 0.4) is 0 Å². The summed E-state index contributed by atoms with van der Waals surface area (Å²) in [5.41, 5.74) is 13.6. The predicted octanol–water partition coefficient (Wildman–Crippen LogP) is 3.28. The third-order valence-electron chi connectivity index (χ3n) is 4.91. The highest BCUT2D eigenvalue weighted by molar-refractivity contribution is 5.98. The number of carbonyl (C=O) groups excluding carboxylic acids is 2. The molecule has 0 saturated heterocycles. The lowest BCUT2D eigenvalue weighted by Gasteiger charge is -2.19. The summed E-state index contributed by atoms with van der Waals surface area (Å²) in [6.07, 6.45) is 1.90. The Morgan fingerprint density at radius 3 is 1.22 bits per heavy atom. The van der Waals surface area contributed by atoms with Crippen LogP contribution in [0.2, 0.25) is 0 Å². The molecule has 0 aliphatic carbocycles. The second-order valence-electron chi connectivity index (χ2n) is 7.03. The fourth-order valence-corrected chi connectivity index (χ4v) is 2.91. The van der Waals surface area contributed by atoms with E-state index in [-0.39, 0.29) is 48.3 Å². The Morgan fingerprint density at radius 1 is 0.688 bits per heavy atom. The summed E-state index contributed by atoms with van der Waals surface area (Å²) in [7, 11) is 3.41. The molecule has 2 amide bonds. The molecular formula is C22H30Cl2N6O2. The molecule has 0 bridgehead atoms. The third kappa shape index (κ3) is 7.86. The molecule has 10 heteroatoms. The molecule has 0 aliphatic rings. The highest BCUT2D eigenvalue weighted by Crippen LogP contribution is 2.17. The average Bonchev–Trinajstić information content (AvgIpc) is 2.75. The van der Waals surface area contributed by atoms with Crippen LogP contribution in [0.25, 0.3) is 0 Å². The van der Waals surface area contributed by atoms with Gasteiger partial charge in [0.1, 0.15) is 11.7 Å². The molecule has 32 heavy (non-hydrogen) atoms. The quantitative estimate of drug-likeness (QED) is 0.248. The lowest BCUT2D eigenvalue weighted by Crippen LogP contribution is -2.27. The molecule has 6 N–H and O–H groups in total. The summed E-state index contributed by atoms with van der Waals surface area (Å²) in [4.78, 5) is 27.9. The van der Waals surface area contributed by atoms with Crippen molar-refractivity contribution in [2.24, 2.45) is 11.5 Å². The number of nitrogens with two attached hydrogens (primary N) is 2. The van der Waals surface area contributed by atoms with Gasteiger partial charge >= 0.3 is 0 Å². The highest BCUT2D eigenvalue weighted by atomic mass is 35.5. The molecule has 0 unspecified atom stereocenters. The average molecular weight is 481 g/mol. The van der Waals surface area contributed by atoms with E-state index in [1.54, 1.807) is 72.4 Å². The van der Waals surface area contributed by atoms with Gasteiger partial charge in [0.2, 0.25) is 11.8 Å². The van der Waals surface area contributed by atoms with Crippen molar-refractivity contribution in [2.75, 3.05) is 23.9 Å². The van der Waals surface area contributed by atoms with Crippen LogP contribution in [0.5, 0.6) is 0 Å². The first kappa shape index (κ1) is 28.9. The molecule has 174 valence electrons. The fourth-order valence-electron chi connectivity index (χ4n) is 2.91. The zero-order valence-corrected chi connectivity index (χ0v) is 19.8. The number of rotatable bonds is 9. The summed E-state index contributed by atoms with van der Waals surface area (Å²) in [6.45, 7) is 0. The smallest absolute Gasteiger partial charge is 0.226 e. The minimum Gasteiger partial charge on any atom is -0.384 e. The number of benzene rings is 2. The van der Waals surface area contributed by atoms with Crippen molar-refractivity contribution < 1.29 is 9.59 Å². The molecule has 0 fully saturated rings. The maximum atomic E-state index is 12.4. The maximum absolute atomic E-state index is 12.4. The van der Waals surface area contributed by atoms with E-state index in [2.05, 4.69) is 0 Å². The van der Waals surface area contributed by atoms with E-state index < -0.39 is 0 Å². The first-order valence-electron chi connectivity index (χ1n) is 9.62. The molecule has 2 aromatic rings. The standard InChI is InChI=1S/C22H28N6O2.2ClH/c1-27(17-11-7-15(8-12-17)21(23)24)19(29)5-3-4-6-20(30)28(2)18-13-9-16(10-14-18)22(25)26;;/h7-14H,3-6H2,1-2H3,(H3,23,24)(H3,25,26);2*1H. The van der Waals surface area contributed by atoms with Gasteiger partial charge < -0.3 is 21.3 Å². The van der Waals surface area contributed by atoms with E-state index in [1.807, 2.05) is 0 Å². The molecule has 0 aromatic heterocycles. The number of nitrogen functional groups attached to an aromatic ring is 2. The number of hydrogen-bond donors (Lipinski definition) is 4. The summed E-state index contributed by atoms with van der Waals surface area (Å²) in [5, 5.41) is 14.8. The molecular weight excluding hydrogens is 451 g/mol. The summed E-state index contributed by atoms with van der Waals surface area (Å²) >= 11 is 0. The van der Waals surface area contributed by atoms with Crippen molar-refractivity contribution in [2.45, 2.75) is 25.7 Å². The van der Waals surface area contributed by atoms with E-state index in [4.69, 9.17) is 22.3 Å². The van der Waals surface area contributed by atoms with Crippen molar-refractivity contribution in [3.63, 3.8) is 0 Å². The van der Waals surface area contributed by atoms with Gasteiger partial charge in [0, 0.05) is 49.4 Å². The Bertz CT molecular complexity index is 855. The van der Waals surface area contributed by atoms with Gasteiger partial charge in [0.15, 0.2) is 0 Å². The fraction of sp³-hybridized carbons (Fsp3) is 0.273. The zero-order chi connectivity index (χ0) is 22.3. The Labute approximate surface area is 200 Å². The Hall–Kier alpha value is -3.10. The molecule has 0 radical (unpaired) electrons. The lowest BCUT2D eigenvalue weighted by molar-refractivity contribution is -0.120. The molecule has 2 aromatic carbocycles. The molecule has 8 nitrogen and oxygen atoms in total. The number of halogens is 2. The minimum atomic E-state index is -0.0359. The molecule has 0 spiro atoms. The topological polar surface area (TPSA) is 140 Å². The first-order valence-corrected chi connectivity index (χ1v) is 9.62. The number of nitrogens with zero attached hydrogens (tertiary/aromatic N) is 2. The lowest BCUT2D eigenvalue weighted by atomic mass is 10.1. The largest absolute Gasteiger partial charge is 0.384 e. The summed E-state index contributed by atoms with van der Waals surface area (Å²) in [5.74, 6) is -0.0997. The zero-order valence-electron chi connectivity index (χ0n) is 18.1. The van der Waals surface area contributed by atoms with E-state index >= 15 is 0 Å². The Balaban J connectivity index is 0.00000480. The molecule has 0 aliphatic heterocycles. The second kappa shape index (κ2) is 13.3. The predicted molar refractivity (Wildman–Crippen MR) is 135 cm³/mol. The van der Waals surface area contributed by atoms with Crippen LogP contribution in [0.15, 0.2) is 48.5 Å². The number of nitrogens with one attached hydrogen (secondary N) is 2. The van der Waals surface area contributed by atoms with Crippen molar-refractivity contribution in [1.82, 2.24) is 0 Å². The van der Waals surface area contributed by atoms with Crippen LogP contribution < -0.4 is 21.3 Å². The van der Waals surface area contributed by atoms with Crippen molar-refractivity contribution in [3.8, 4) is 0 Å². The molecule has 2 rings (SSSR count). The number of hydrogen-bond acceptors (Lipinski definition) is 4. The van der Waals surface area contributed by atoms with Crippen LogP contribution in [0, 0.1) is 10.8 Å². The van der Waals surface area contributed by atoms with Gasteiger partial charge in [0.25, 0.3) is 0 Å². The minimum absolute atomic E-state index is 0. The van der Waals surface area contributed by atoms with Crippen LogP contribution in [-0.4, -0.2) is 37.6 Å². The monoisotopic (exact) mass is 480 g/mol. The van der Waals surface area contributed by atoms with Crippen molar-refractivity contribution >= 4 is 59.7 Å². The van der Waals surface area contributed by atoms with Gasteiger partial charge in [-0.2, -0.15) is 0 Å². The van der Waals surface area contributed by atoms with E-state index in [0.717, 1.165) is 11.4 Å². The number of carbonyl (C=O) groups is 2.